The van der Waals surface area contributed by atoms with Crippen molar-refractivity contribution < 1.29 is 14.3 Å². The molecule has 0 aromatic carbocycles. The molecular weight excluding hydrogens is 264 g/mol. The normalized spacial score (nSPS) is 14.1. The maximum Gasteiger partial charge on any atom is 0.311 e. The van der Waals surface area contributed by atoms with Crippen LogP contribution in [0, 0.1) is 11.8 Å². The highest BCUT2D eigenvalue weighted by Gasteiger charge is 2.16. The molecule has 0 aliphatic heterocycles. The summed E-state index contributed by atoms with van der Waals surface area (Å²) in [7, 11) is 0. The van der Waals surface area contributed by atoms with E-state index in [-0.39, 0.29) is 6.42 Å². The molecule has 1 rings (SSSR count). The van der Waals surface area contributed by atoms with Crippen LogP contribution in [0.1, 0.15) is 70.5 Å². The summed E-state index contributed by atoms with van der Waals surface area (Å²) in [6.07, 6.45) is 6.73. The first-order valence-corrected chi connectivity index (χ1v) is 8.32. The predicted molar refractivity (Wildman–Crippen MR) is 85.6 cm³/mol. The van der Waals surface area contributed by atoms with Crippen LogP contribution < -0.4 is 0 Å². The van der Waals surface area contributed by atoms with Gasteiger partial charge in [0.1, 0.15) is 17.9 Å². The summed E-state index contributed by atoms with van der Waals surface area (Å²) >= 11 is 0. The largest absolute Gasteiger partial charge is 0.481 e. The number of aryl methyl sites for hydroxylation is 1. The Bertz CT molecular complexity index is 434. The molecule has 0 bridgehead atoms. The lowest BCUT2D eigenvalue weighted by molar-refractivity contribution is -0.136. The summed E-state index contributed by atoms with van der Waals surface area (Å²) < 4.78 is 5.78. The minimum atomic E-state index is -0.826. The Labute approximate surface area is 128 Å². The van der Waals surface area contributed by atoms with Crippen molar-refractivity contribution in [2.24, 2.45) is 11.8 Å². The number of hydrogen-bond donors (Lipinski definition) is 1. The fourth-order valence-corrected chi connectivity index (χ4v) is 3.11. The minimum Gasteiger partial charge on any atom is -0.481 e. The van der Waals surface area contributed by atoms with E-state index in [1.165, 1.54) is 25.7 Å². The van der Waals surface area contributed by atoms with Crippen LogP contribution in [0.3, 0.4) is 0 Å². The van der Waals surface area contributed by atoms with Gasteiger partial charge < -0.3 is 9.52 Å². The van der Waals surface area contributed by atoms with Gasteiger partial charge in [0.25, 0.3) is 0 Å². The fraction of sp³-hybridized carbons (Fsp3) is 0.722. The summed E-state index contributed by atoms with van der Waals surface area (Å²) in [6.45, 7) is 8.81. The Morgan fingerprint density at radius 3 is 2.57 bits per heavy atom. The maximum absolute atomic E-state index is 10.9. The Morgan fingerprint density at radius 2 is 2.05 bits per heavy atom. The van der Waals surface area contributed by atoms with E-state index in [9.17, 15) is 4.79 Å². The zero-order chi connectivity index (χ0) is 15.8. The first-order valence-electron chi connectivity index (χ1n) is 8.32. The number of rotatable bonds is 10. The number of aliphatic carboxylic acids is 1. The molecule has 1 heterocycles. The molecule has 0 fully saturated rings. The second-order valence-electron chi connectivity index (χ2n) is 6.19. The smallest absolute Gasteiger partial charge is 0.311 e. The van der Waals surface area contributed by atoms with Gasteiger partial charge in [0.05, 0.1) is 0 Å². The van der Waals surface area contributed by atoms with Crippen LogP contribution in [0.4, 0.5) is 0 Å². The summed E-state index contributed by atoms with van der Waals surface area (Å²) in [5, 5.41) is 8.93. The monoisotopic (exact) mass is 294 g/mol. The Hall–Kier alpha value is -1.25. The van der Waals surface area contributed by atoms with Crippen molar-refractivity contribution in [1.82, 2.24) is 0 Å². The van der Waals surface area contributed by atoms with Crippen molar-refractivity contribution in [3.05, 3.63) is 23.2 Å². The SMILES string of the molecule is CCCC(CC)CC(C)Cc1cc(CC)c(CC(=O)O)o1. The van der Waals surface area contributed by atoms with E-state index >= 15 is 0 Å². The molecular formula is C18H30O3. The molecule has 2 unspecified atom stereocenters. The molecule has 0 saturated heterocycles. The average molecular weight is 294 g/mol. The van der Waals surface area contributed by atoms with E-state index in [1.807, 2.05) is 6.92 Å². The molecule has 1 aromatic rings. The summed E-state index contributed by atoms with van der Waals surface area (Å²) in [5.41, 5.74) is 1.04. The van der Waals surface area contributed by atoms with Gasteiger partial charge >= 0.3 is 5.97 Å². The molecule has 1 N–H and O–H groups in total. The highest BCUT2D eigenvalue weighted by molar-refractivity contribution is 5.69. The molecule has 3 nitrogen and oxygen atoms in total. The van der Waals surface area contributed by atoms with Gasteiger partial charge in [-0.3, -0.25) is 4.79 Å². The van der Waals surface area contributed by atoms with Gasteiger partial charge in [0, 0.05) is 6.42 Å². The van der Waals surface area contributed by atoms with E-state index < -0.39 is 5.97 Å². The van der Waals surface area contributed by atoms with E-state index in [4.69, 9.17) is 9.52 Å². The third-order valence-corrected chi connectivity index (χ3v) is 4.20. The average Bonchev–Trinajstić information content (AvgIpc) is 2.78. The lowest BCUT2D eigenvalue weighted by Gasteiger charge is -2.18. The molecule has 0 amide bonds. The molecule has 0 aliphatic rings. The predicted octanol–water partition coefficient (Wildman–Crippen LogP) is 4.86. The van der Waals surface area contributed by atoms with Crippen molar-refractivity contribution in [3.8, 4) is 0 Å². The third kappa shape index (κ3) is 5.94. The van der Waals surface area contributed by atoms with Crippen molar-refractivity contribution in [2.75, 3.05) is 0 Å². The molecule has 0 radical (unpaired) electrons. The Balaban J connectivity index is 2.65. The second-order valence-corrected chi connectivity index (χ2v) is 6.19. The number of carbonyl (C=O) groups is 1. The summed E-state index contributed by atoms with van der Waals surface area (Å²) in [5.74, 6) is 2.13. The van der Waals surface area contributed by atoms with Gasteiger partial charge in [0.2, 0.25) is 0 Å². The molecule has 1 aromatic heterocycles. The second kappa shape index (κ2) is 8.91. The van der Waals surface area contributed by atoms with E-state index in [1.54, 1.807) is 0 Å². The van der Waals surface area contributed by atoms with Crippen LogP contribution in [0.2, 0.25) is 0 Å². The fourth-order valence-electron chi connectivity index (χ4n) is 3.11. The van der Waals surface area contributed by atoms with Crippen LogP contribution in [-0.2, 0) is 24.1 Å². The summed E-state index contributed by atoms with van der Waals surface area (Å²) in [6, 6.07) is 2.05. The standard InChI is InChI=1S/C18H30O3/c1-5-8-14(6-2)9-13(4)10-16-11-15(7-3)17(21-16)12-18(19)20/h11,13-14H,5-10,12H2,1-4H3,(H,19,20). The van der Waals surface area contributed by atoms with Crippen molar-refractivity contribution in [3.63, 3.8) is 0 Å². The zero-order valence-corrected chi connectivity index (χ0v) is 13.9. The quantitative estimate of drug-likeness (QED) is 0.670. The lowest BCUT2D eigenvalue weighted by atomic mass is 9.88. The van der Waals surface area contributed by atoms with Crippen LogP contribution in [0.5, 0.6) is 0 Å². The van der Waals surface area contributed by atoms with Crippen molar-refractivity contribution in [1.29, 1.82) is 0 Å². The van der Waals surface area contributed by atoms with Crippen LogP contribution in [0.25, 0.3) is 0 Å². The number of carboxylic acid groups (broad SMARTS) is 1. The van der Waals surface area contributed by atoms with Gasteiger partial charge in [-0.05, 0) is 36.3 Å². The number of carboxylic acids is 1. The van der Waals surface area contributed by atoms with Gasteiger partial charge in [-0.1, -0.05) is 47.0 Å². The van der Waals surface area contributed by atoms with E-state index in [2.05, 4.69) is 26.8 Å². The van der Waals surface area contributed by atoms with Gasteiger partial charge in [-0.2, -0.15) is 0 Å². The highest BCUT2D eigenvalue weighted by Crippen LogP contribution is 2.25. The van der Waals surface area contributed by atoms with E-state index in [0.717, 1.165) is 30.1 Å². The Morgan fingerprint density at radius 1 is 1.33 bits per heavy atom. The first kappa shape index (κ1) is 17.8. The van der Waals surface area contributed by atoms with Gasteiger partial charge in [0.15, 0.2) is 0 Å². The Kier molecular flexibility index (Phi) is 7.55. The lowest BCUT2D eigenvalue weighted by Crippen LogP contribution is -2.08. The molecule has 0 aliphatic carbocycles. The topological polar surface area (TPSA) is 50.4 Å². The first-order chi connectivity index (χ1) is 9.99. The van der Waals surface area contributed by atoms with Gasteiger partial charge in [-0.15, -0.1) is 0 Å². The van der Waals surface area contributed by atoms with Crippen LogP contribution >= 0.6 is 0 Å². The minimum absolute atomic E-state index is 0.00895. The van der Waals surface area contributed by atoms with Crippen molar-refractivity contribution >= 4 is 5.97 Å². The van der Waals surface area contributed by atoms with Crippen LogP contribution in [-0.4, -0.2) is 11.1 Å². The van der Waals surface area contributed by atoms with E-state index in [0.29, 0.717) is 11.7 Å². The maximum atomic E-state index is 10.9. The molecule has 0 saturated carbocycles. The number of furan rings is 1. The third-order valence-electron chi connectivity index (χ3n) is 4.20. The molecule has 0 spiro atoms. The van der Waals surface area contributed by atoms with Crippen molar-refractivity contribution in [2.45, 2.75) is 72.6 Å². The zero-order valence-electron chi connectivity index (χ0n) is 13.9. The molecule has 21 heavy (non-hydrogen) atoms. The number of hydrogen-bond acceptors (Lipinski definition) is 2. The highest BCUT2D eigenvalue weighted by atomic mass is 16.4. The summed E-state index contributed by atoms with van der Waals surface area (Å²) in [4.78, 5) is 10.9. The molecule has 3 heteroatoms. The molecule has 120 valence electrons. The molecule has 2 atom stereocenters. The van der Waals surface area contributed by atoms with Crippen LogP contribution in [0.15, 0.2) is 10.5 Å². The van der Waals surface area contributed by atoms with Gasteiger partial charge in [-0.25, -0.2) is 0 Å².